The van der Waals surface area contributed by atoms with Crippen LogP contribution in [0.15, 0.2) is 71.8 Å². The molecule has 0 aliphatic heterocycles. The van der Waals surface area contributed by atoms with E-state index in [2.05, 4.69) is 30.2 Å². The van der Waals surface area contributed by atoms with E-state index in [1.54, 1.807) is 6.07 Å². The van der Waals surface area contributed by atoms with Crippen LogP contribution in [0.3, 0.4) is 0 Å². The van der Waals surface area contributed by atoms with Crippen molar-refractivity contribution in [2.45, 2.75) is 31.2 Å². The maximum absolute atomic E-state index is 12.3. The van der Waals surface area contributed by atoms with Crippen LogP contribution in [0.4, 0.5) is 5.69 Å². The first kappa shape index (κ1) is 21.4. The van der Waals surface area contributed by atoms with Gasteiger partial charge in [0.15, 0.2) is 0 Å². The van der Waals surface area contributed by atoms with Crippen LogP contribution in [0.25, 0.3) is 0 Å². The summed E-state index contributed by atoms with van der Waals surface area (Å²) in [6.45, 7) is 4.12. The zero-order valence-electron chi connectivity index (χ0n) is 17.0. The standard InChI is InChI=1S/C24H23N3O2S/c1-17(2)22-13-8-18(16-25)24(27-22)30-15-14-23(28)26-19-9-11-21(12-10-19)29-20-6-4-3-5-7-20/h3-13,17H,14-15H2,1-2H3,(H,26,28). The van der Waals surface area contributed by atoms with Crippen LogP contribution in [0.1, 0.15) is 37.4 Å². The average Bonchev–Trinajstić information content (AvgIpc) is 2.75. The highest BCUT2D eigenvalue weighted by molar-refractivity contribution is 7.99. The average molecular weight is 418 g/mol. The van der Waals surface area contributed by atoms with Gasteiger partial charge in [-0.05, 0) is 54.4 Å². The van der Waals surface area contributed by atoms with Crippen molar-refractivity contribution < 1.29 is 9.53 Å². The van der Waals surface area contributed by atoms with Crippen molar-refractivity contribution in [2.24, 2.45) is 0 Å². The molecule has 0 aliphatic carbocycles. The number of nitrogens with zero attached hydrogens (tertiary/aromatic N) is 2. The first-order chi connectivity index (χ1) is 14.5. The highest BCUT2D eigenvalue weighted by Crippen LogP contribution is 2.25. The van der Waals surface area contributed by atoms with Gasteiger partial charge in [0.1, 0.15) is 22.6 Å². The van der Waals surface area contributed by atoms with Gasteiger partial charge in [-0.15, -0.1) is 11.8 Å². The van der Waals surface area contributed by atoms with Crippen LogP contribution >= 0.6 is 11.8 Å². The van der Waals surface area contributed by atoms with E-state index >= 15 is 0 Å². The van der Waals surface area contributed by atoms with Gasteiger partial charge in [0.05, 0.1) is 5.56 Å². The summed E-state index contributed by atoms with van der Waals surface area (Å²) in [5.41, 5.74) is 2.20. The Hall–Kier alpha value is -3.30. The maximum atomic E-state index is 12.3. The molecule has 0 fully saturated rings. The molecule has 2 aromatic carbocycles. The second-order valence-corrected chi connectivity index (χ2v) is 8.03. The monoisotopic (exact) mass is 417 g/mol. The van der Waals surface area contributed by atoms with E-state index in [4.69, 9.17) is 4.74 Å². The lowest BCUT2D eigenvalue weighted by Crippen LogP contribution is -2.12. The summed E-state index contributed by atoms with van der Waals surface area (Å²) in [6, 6.07) is 22.6. The number of thioether (sulfide) groups is 1. The fourth-order valence-electron chi connectivity index (χ4n) is 2.67. The molecule has 6 heteroatoms. The Labute approximate surface area is 181 Å². The second-order valence-electron chi connectivity index (χ2n) is 6.94. The van der Waals surface area contributed by atoms with Crippen molar-refractivity contribution in [3.63, 3.8) is 0 Å². The molecule has 152 valence electrons. The van der Waals surface area contributed by atoms with Gasteiger partial charge in [0.25, 0.3) is 0 Å². The molecule has 0 saturated carbocycles. The SMILES string of the molecule is CC(C)c1ccc(C#N)c(SCCC(=O)Nc2ccc(Oc3ccccc3)cc2)n1. The van der Waals surface area contributed by atoms with Crippen LogP contribution in [-0.4, -0.2) is 16.6 Å². The highest BCUT2D eigenvalue weighted by atomic mass is 32.2. The molecule has 3 rings (SSSR count). The van der Waals surface area contributed by atoms with Crippen molar-refractivity contribution in [2.75, 3.05) is 11.1 Å². The molecule has 0 aliphatic rings. The first-order valence-electron chi connectivity index (χ1n) is 9.72. The first-order valence-corrected chi connectivity index (χ1v) is 10.7. The zero-order chi connectivity index (χ0) is 21.3. The van der Waals surface area contributed by atoms with E-state index in [0.717, 1.165) is 11.4 Å². The number of pyridine rings is 1. The van der Waals surface area contributed by atoms with Gasteiger partial charge in [-0.2, -0.15) is 5.26 Å². The molecule has 0 saturated heterocycles. The van der Waals surface area contributed by atoms with Crippen LogP contribution in [0, 0.1) is 11.3 Å². The maximum Gasteiger partial charge on any atom is 0.225 e. The quantitative estimate of drug-likeness (QED) is 0.456. The number of hydrogen-bond donors (Lipinski definition) is 1. The molecule has 0 atom stereocenters. The predicted octanol–water partition coefficient (Wildman–Crippen LogP) is 5.99. The minimum absolute atomic E-state index is 0.0854. The zero-order valence-corrected chi connectivity index (χ0v) is 17.8. The van der Waals surface area contributed by atoms with Crippen LogP contribution < -0.4 is 10.1 Å². The number of rotatable bonds is 8. The molecular weight excluding hydrogens is 394 g/mol. The van der Waals surface area contributed by atoms with Crippen molar-refractivity contribution in [1.29, 1.82) is 5.26 Å². The lowest BCUT2D eigenvalue weighted by Gasteiger charge is -2.09. The predicted molar refractivity (Wildman–Crippen MR) is 120 cm³/mol. The summed E-state index contributed by atoms with van der Waals surface area (Å²) < 4.78 is 5.75. The number of carbonyl (C=O) groups excluding carboxylic acids is 1. The molecular formula is C24H23N3O2S. The fraction of sp³-hybridized carbons (Fsp3) is 0.208. The van der Waals surface area contributed by atoms with Gasteiger partial charge in [0, 0.05) is 23.6 Å². The number of hydrogen-bond acceptors (Lipinski definition) is 5. The Morgan fingerprint density at radius 1 is 1.07 bits per heavy atom. The van der Waals surface area contributed by atoms with E-state index in [-0.39, 0.29) is 11.8 Å². The third kappa shape index (κ3) is 6.10. The molecule has 1 heterocycles. The van der Waals surface area contributed by atoms with Crippen molar-refractivity contribution >= 4 is 23.4 Å². The Kier molecular flexibility index (Phi) is 7.47. The largest absolute Gasteiger partial charge is 0.457 e. The van der Waals surface area contributed by atoms with Gasteiger partial charge >= 0.3 is 0 Å². The fourth-order valence-corrected chi connectivity index (χ4v) is 3.59. The summed E-state index contributed by atoms with van der Waals surface area (Å²) in [4.78, 5) is 16.8. The Morgan fingerprint density at radius 3 is 2.43 bits per heavy atom. The number of para-hydroxylation sites is 1. The lowest BCUT2D eigenvalue weighted by atomic mass is 10.1. The number of benzene rings is 2. The number of aromatic nitrogens is 1. The van der Waals surface area contributed by atoms with E-state index in [0.29, 0.717) is 34.2 Å². The van der Waals surface area contributed by atoms with Gasteiger partial charge < -0.3 is 10.1 Å². The number of nitriles is 1. The van der Waals surface area contributed by atoms with Crippen molar-refractivity contribution in [1.82, 2.24) is 4.98 Å². The Bertz CT molecular complexity index is 1030. The lowest BCUT2D eigenvalue weighted by molar-refractivity contribution is -0.115. The van der Waals surface area contributed by atoms with E-state index in [9.17, 15) is 10.1 Å². The molecule has 3 aromatic rings. The third-order valence-electron chi connectivity index (χ3n) is 4.28. The number of amides is 1. The number of anilines is 1. The minimum Gasteiger partial charge on any atom is -0.457 e. The highest BCUT2D eigenvalue weighted by Gasteiger charge is 2.10. The molecule has 0 spiro atoms. The molecule has 1 aromatic heterocycles. The Balaban J connectivity index is 1.50. The van der Waals surface area contributed by atoms with Crippen LogP contribution in [0.5, 0.6) is 11.5 Å². The van der Waals surface area contributed by atoms with Crippen molar-refractivity contribution in [3.05, 3.63) is 78.0 Å². The van der Waals surface area contributed by atoms with Crippen molar-refractivity contribution in [3.8, 4) is 17.6 Å². The molecule has 0 radical (unpaired) electrons. The summed E-state index contributed by atoms with van der Waals surface area (Å²) in [7, 11) is 0. The summed E-state index contributed by atoms with van der Waals surface area (Å²) in [5, 5.41) is 12.8. The van der Waals surface area contributed by atoms with Gasteiger partial charge in [0.2, 0.25) is 5.91 Å². The van der Waals surface area contributed by atoms with Gasteiger partial charge in [-0.3, -0.25) is 4.79 Å². The van der Waals surface area contributed by atoms with E-state index < -0.39 is 0 Å². The van der Waals surface area contributed by atoms with E-state index in [1.807, 2.05) is 60.7 Å². The van der Waals surface area contributed by atoms with E-state index in [1.165, 1.54) is 11.8 Å². The molecule has 0 bridgehead atoms. The van der Waals surface area contributed by atoms with Crippen LogP contribution in [-0.2, 0) is 4.79 Å². The smallest absolute Gasteiger partial charge is 0.225 e. The molecule has 5 nitrogen and oxygen atoms in total. The molecule has 1 amide bonds. The Morgan fingerprint density at radius 2 is 1.77 bits per heavy atom. The number of carbonyl (C=O) groups is 1. The molecule has 0 unspecified atom stereocenters. The second kappa shape index (κ2) is 10.5. The molecule has 1 N–H and O–H groups in total. The number of ether oxygens (including phenoxy) is 1. The molecule has 30 heavy (non-hydrogen) atoms. The normalized spacial score (nSPS) is 10.5. The minimum atomic E-state index is -0.0854. The third-order valence-corrected chi connectivity index (χ3v) is 5.27. The van der Waals surface area contributed by atoms with Crippen LogP contribution in [0.2, 0.25) is 0 Å². The topological polar surface area (TPSA) is 75.0 Å². The summed E-state index contributed by atoms with van der Waals surface area (Å²) in [5.74, 6) is 2.21. The number of nitrogens with one attached hydrogen (secondary N) is 1. The summed E-state index contributed by atoms with van der Waals surface area (Å²) >= 11 is 1.43. The van der Waals surface area contributed by atoms with Gasteiger partial charge in [-0.25, -0.2) is 4.98 Å². The summed E-state index contributed by atoms with van der Waals surface area (Å²) in [6.07, 6.45) is 0.325. The van der Waals surface area contributed by atoms with Gasteiger partial charge in [-0.1, -0.05) is 32.0 Å².